The molecule has 0 amide bonds. The molecule has 9 nitrogen and oxygen atoms in total. The molecule has 4 aliphatic carbocycles. The van der Waals surface area contributed by atoms with Gasteiger partial charge in [0, 0.05) is 11.8 Å². The Morgan fingerprint density at radius 2 is 1.75 bits per heavy atom. The van der Waals surface area contributed by atoms with E-state index in [1.54, 1.807) is 42.5 Å². The van der Waals surface area contributed by atoms with Gasteiger partial charge in [-0.25, -0.2) is 0 Å². The van der Waals surface area contributed by atoms with Gasteiger partial charge in [-0.2, -0.15) is 10.2 Å². The van der Waals surface area contributed by atoms with E-state index in [1.165, 1.54) is 12.1 Å². The third-order valence-corrected chi connectivity index (χ3v) is 11.3. The Kier molecular flexibility index (Phi) is 7.82. The first-order valence-electron chi connectivity index (χ1n) is 15.6. The number of benzene rings is 2. The van der Waals surface area contributed by atoms with Crippen molar-refractivity contribution in [2.45, 2.75) is 76.9 Å². The number of hydrogen-bond donors (Lipinski definition) is 3. The molecule has 2 aromatic rings. The number of hydrogen-bond acceptors (Lipinski definition) is 9. The Hall–Kier alpha value is -3.69. The molecule has 0 aromatic heterocycles. The van der Waals surface area contributed by atoms with E-state index in [0.29, 0.717) is 29.8 Å². The van der Waals surface area contributed by atoms with Crippen molar-refractivity contribution < 1.29 is 34.4 Å². The Bertz CT molecular complexity index is 1530. The van der Waals surface area contributed by atoms with Crippen molar-refractivity contribution in [2.24, 2.45) is 38.8 Å². The molecule has 44 heavy (non-hydrogen) atoms. The summed E-state index contributed by atoms with van der Waals surface area (Å²) in [6.45, 7) is 3.54. The van der Waals surface area contributed by atoms with Gasteiger partial charge in [0.1, 0.15) is 11.4 Å². The lowest BCUT2D eigenvalue weighted by Gasteiger charge is -2.60. The zero-order valence-electron chi connectivity index (χ0n) is 25.2. The summed E-state index contributed by atoms with van der Waals surface area (Å²) in [6, 6.07) is 13.2. The first kappa shape index (κ1) is 30.3. The molecular weight excluding hydrogens is 560 g/mol. The highest BCUT2D eigenvalue weighted by molar-refractivity contribution is 5.92. The Morgan fingerprint density at radius 1 is 1.00 bits per heavy atom. The lowest BCUT2D eigenvalue weighted by atomic mass is 9.45. The van der Waals surface area contributed by atoms with Crippen LogP contribution in [0.5, 0.6) is 5.75 Å². The number of phenols is 1. The summed E-state index contributed by atoms with van der Waals surface area (Å²) in [5.74, 6) is -0.719. The molecule has 7 unspecified atom stereocenters. The highest BCUT2D eigenvalue weighted by Crippen LogP contribution is 2.67. The minimum absolute atomic E-state index is 0.0183. The smallest absolute Gasteiger partial charge is 0.310 e. The third kappa shape index (κ3) is 5.09. The molecule has 0 heterocycles. The number of ketones is 2. The molecular formula is C35H40N2O7. The van der Waals surface area contributed by atoms with Crippen LogP contribution in [0.1, 0.15) is 64.4 Å². The number of carbonyl (C=O) groups excluding carboxylic acids is 3. The third-order valence-electron chi connectivity index (χ3n) is 11.3. The van der Waals surface area contributed by atoms with Gasteiger partial charge in [-0.3, -0.25) is 14.4 Å². The van der Waals surface area contributed by atoms with E-state index < -0.39 is 35.5 Å². The number of aliphatic hydroxyl groups is 2. The Morgan fingerprint density at radius 3 is 2.52 bits per heavy atom. The van der Waals surface area contributed by atoms with Crippen LogP contribution >= 0.6 is 0 Å². The van der Waals surface area contributed by atoms with Crippen LogP contribution in [0.25, 0.3) is 0 Å². The van der Waals surface area contributed by atoms with Crippen molar-refractivity contribution in [3.05, 3.63) is 65.7 Å². The predicted octanol–water partition coefficient (Wildman–Crippen LogP) is 5.70. The number of phenolic OH excluding ortho intramolecular Hbond substituents is 1. The number of nitrogens with zero attached hydrogens (tertiary/aromatic N) is 2. The van der Waals surface area contributed by atoms with Crippen molar-refractivity contribution in [1.82, 2.24) is 0 Å². The highest BCUT2D eigenvalue weighted by Gasteiger charge is 2.68. The van der Waals surface area contributed by atoms with E-state index in [1.807, 2.05) is 6.92 Å². The van der Waals surface area contributed by atoms with E-state index in [4.69, 9.17) is 4.74 Å². The zero-order valence-corrected chi connectivity index (χ0v) is 25.2. The second-order valence-corrected chi connectivity index (χ2v) is 13.6. The zero-order chi connectivity index (χ0) is 31.3. The monoisotopic (exact) mass is 600 g/mol. The molecule has 232 valence electrons. The molecule has 9 heteroatoms. The minimum atomic E-state index is -1.71. The molecule has 6 rings (SSSR count). The number of Topliss-reactive ketones (excluding diaryl/α,β-unsaturated/α-hetero) is 1. The number of ether oxygens (including phenoxy) is 1. The topological polar surface area (TPSA) is 146 Å². The fourth-order valence-electron chi connectivity index (χ4n) is 9.01. The molecule has 0 radical (unpaired) electrons. The molecule has 0 bridgehead atoms. The Labute approximate surface area is 257 Å². The summed E-state index contributed by atoms with van der Waals surface area (Å²) in [4.78, 5) is 38.6. The van der Waals surface area contributed by atoms with E-state index in [-0.39, 0.29) is 54.0 Å². The summed E-state index contributed by atoms with van der Waals surface area (Å²) >= 11 is 0. The van der Waals surface area contributed by atoms with E-state index >= 15 is 0 Å². The minimum Gasteiger partial charge on any atom is -0.508 e. The number of fused-ring (bicyclic) bond motifs is 5. The number of rotatable bonds is 7. The molecule has 0 spiro atoms. The van der Waals surface area contributed by atoms with Crippen LogP contribution in [0.15, 0.2) is 70.4 Å². The lowest BCUT2D eigenvalue weighted by molar-refractivity contribution is -0.184. The average molecular weight is 601 g/mol. The highest BCUT2D eigenvalue weighted by atomic mass is 16.5. The van der Waals surface area contributed by atoms with E-state index in [9.17, 15) is 29.7 Å². The number of allylic oxidation sites excluding steroid dienone is 1. The normalized spacial score (nSPS) is 34.5. The van der Waals surface area contributed by atoms with Gasteiger partial charge in [0.2, 0.25) is 5.78 Å². The average Bonchev–Trinajstić information content (AvgIpc) is 3.27. The van der Waals surface area contributed by atoms with Crippen LogP contribution in [0.3, 0.4) is 0 Å². The molecule has 0 aliphatic heterocycles. The summed E-state index contributed by atoms with van der Waals surface area (Å²) < 4.78 is 5.42. The molecule has 7 atom stereocenters. The SMILES string of the molecule is CC12CCC(=O)C=C1CCC1C2C(O)CC2(C)C1CCC2(O)C(=O)COC(=O)Cc1ccccc1/N=N/c1ccc(O)cc1. The number of aliphatic hydroxyl groups excluding tert-OH is 1. The van der Waals surface area contributed by atoms with Gasteiger partial charge in [-0.05, 0) is 104 Å². The van der Waals surface area contributed by atoms with Crippen LogP contribution in [-0.4, -0.2) is 51.2 Å². The second kappa shape index (κ2) is 11.3. The molecule has 0 saturated heterocycles. The fourth-order valence-corrected chi connectivity index (χ4v) is 9.01. The summed E-state index contributed by atoms with van der Waals surface area (Å²) in [7, 11) is 0. The number of azo groups is 1. The fraction of sp³-hybridized carbons (Fsp3) is 0.514. The van der Waals surface area contributed by atoms with Crippen LogP contribution in [0.4, 0.5) is 11.4 Å². The van der Waals surface area contributed by atoms with Gasteiger partial charge in [0.15, 0.2) is 12.4 Å². The molecule has 3 fully saturated rings. The largest absolute Gasteiger partial charge is 0.508 e. The Balaban J connectivity index is 1.12. The maximum Gasteiger partial charge on any atom is 0.310 e. The quantitative estimate of drug-likeness (QED) is 0.273. The van der Waals surface area contributed by atoms with Gasteiger partial charge in [0.05, 0.1) is 23.9 Å². The summed E-state index contributed by atoms with van der Waals surface area (Å²) in [6.07, 6.45) is 4.98. The van der Waals surface area contributed by atoms with Gasteiger partial charge in [0.25, 0.3) is 0 Å². The van der Waals surface area contributed by atoms with Crippen LogP contribution < -0.4 is 0 Å². The van der Waals surface area contributed by atoms with Crippen LogP contribution in [-0.2, 0) is 25.5 Å². The second-order valence-electron chi connectivity index (χ2n) is 13.6. The molecule has 4 aliphatic rings. The van der Waals surface area contributed by atoms with E-state index in [0.717, 1.165) is 24.8 Å². The van der Waals surface area contributed by atoms with Crippen molar-refractivity contribution >= 4 is 28.9 Å². The van der Waals surface area contributed by atoms with Crippen molar-refractivity contribution in [3.8, 4) is 5.75 Å². The van der Waals surface area contributed by atoms with Gasteiger partial charge < -0.3 is 20.1 Å². The molecule has 2 aromatic carbocycles. The van der Waals surface area contributed by atoms with E-state index in [2.05, 4.69) is 17.2 Å². The number of carbonyl (C=O) groups is 3. The summed E-state index contributed by atoms with van der Waals surface area (Å²) in [5.41, 5.74) is -0.0884. The number of aromatic hydroxyl groups is 1. The van der Waals surface area contributed by atoms with Crippen molar-refractivity contribution in [2.75, 3.05) is 6.61 Å². The lowest BCUT2D eigenvalue weighted by Crippen LogP contribution is -2.62. The van der Waals surface area contributed by atoms with Gasteiger partial charge in [-0.15, -0.1) is 0 Å². The first-order chi connectivity index (χ1) is 20.9. The number of esters is 1. The van der Waals surface area contributed by atoms with Gasteiger partial charge in [-0.1, -0.05) is 37.6 Å². The maximum absolute atomic E-state index is 13.6. The predicted molar refractivity (Wildman–Crippen MR) is 161 cm³/mol. The van der Waals surface area contributed by atoms with Crippen LogP contribution in [0.2, 0.25) is 0 Å². The van der Waals surface area contributed by atoms with Gasteiger partial charge >= 0.3 is 5.97 Å². The van der Waals surface area contributed by atoms with Crippen LogP contribution in [0, 0.1) is 28.6 Å². The molecule has 3 saturated carbocycles. The molecule has 3 N–H and O–H groups in total. The summed E-state index contributed by atoms with van der Waals surface area (Å²) in [5, 5.41) is 41.4. The van der Waals surface area contributed by atoms with Crippen molar-refractivity contribution in [1.29, 1.82) is 0 Å². The van der Waals surface area contributed by atoms with Crippen molar-refractivity contribution in [3.63, 3.8) is 0 Å². The first-order valence-corrected chi connectivity index (χ1v) is 15.6. The maximum atomic E-state index is 13.6. The standard InChI is InChI=1S/C35H40N2O7/c1-33-15-13-25(39)18-22(33)7-12-26-27-14-16-35(43,34(27,2)19-29(40)32(26)33)30(41)20-44-31(42)17-21-5-3-4-6-28(21)37-36-23-8-10-24(38)11-9-23/h3-6,8-11,18,26-27,29,32,38,40,43H,7,12-17,19-20H2,1-2H3/b37-36+.